The van der Waals surface area contributed by atoms with Crippen LogP contribution in [0.4, 0.5) is 9.18 Å². The third-order valence-corrected chi connectivity index (χ3v) is 3.64. The molecule has 19 heavy (non-hydrogen) atoms. The minimum Gasteiger partial charge on any atom is -0.268 e. The first-order valence-electron chi connectivity index (χ1n) is 5.17. The van der Waals surface area contributed by atoms with E-state index in [-0.39, 0.29) is 22.0 Å². The van der Waals surface area contributed by atoms with E-state index >= 15 is 0 Å². The molecule has 0 unspecified atom stereocenters. The summed E-state index contributed by atoms with van der Waals surface area (Å²) < 4.78 is 13.6. The van der Waals surface area contributed by atoms with Crippen molar-refractivity contribution in [1.29, 1.82) is 0 Å². The van der Waals surface area contributed by atoms with Gasteiger partial charge < -0.3 is 0 Å². The minimum atomic E-state index is -0.559. The maximum absolute atomic E-state index is 13.6. The Morgan fingerprint density at radius 3 is 2.84 bits per heavy atom. The summed E-state index contributed by atoms with van der Waals surface area (Å²) in [6.07, 6.45) is 6.34. The fourth-order valence-corrected chi connectivity index (χ4v) is 2.54. The first kappa shape index (κ1) is 13.7. The summed E-state index contributed by atoms with van der Waals surface area (Å²) in [6, 6.07) is 4.19. The maximum Gasteiger partial charge on any atom is 0.294 e. The van der Waals surface area contributed by atoms with E-state index in [1.165, 1.54) is 24.3 Å². The molecule has 96 valence electrons. The lowest BCUT2D eigenvalue weighted by molar-refractivity contribution is -0.122. The predicted molar refractivity (Wildman–Crippen MR) is 72.9 cm³/mol. The highest BCUT2D eigenvalue weighted by molar-refractivity contribution is 8.18. The van der Waals surface area contributed by atoms with Crippen LogP contribution in [0.2, 0.25) is 5.02 Å². The van der Waals surface area contributed by atoms with Crippen LogP contribution in [-0.4, -0.2) is 22.6 Å². The van der Waals surface area contributed by atoms with Crippen LogP contribution in [0, 0.1) is 18.2 Å². The Morgan fingerprint density at radius 2 is 2.21 bits per heavy atom. The second-order valence-corrected chi connectivity index (χ2v) is 5.01. The van der Waals surface area contributed by atoms with E-state index in [9.17, 15) is 14.0 Å². The van der Waals surface area contributed by atoms with E-state index in [1.54, 1.807) is 0 Å². The number of thioether (sulfide) groups is 1. The SMILES string of the molecule is C#CCN1C(=O)SC(=Cc2c(F)cccc2Cl)C1=O. The number of imide groups is 1. The number of carbonyl (C=O) groups excluding carboxylic acids is 2. The molecule has 1 aromatic rings. The summed E-state index contributed by atoms with van der Waals surface area (Å²) in [4.78, 5) is 24.5. The van der Waals surface area contributed by atoms with Crippen molar-refractivity contribution in [3.8, 4) is 12.3 Å². The van der Waals surface area contributed by atoms with Crippen LogP contribution in [0.1, 0.15) is 5.56 Å². The lowest BCUT2D eigenvalue weighted by Crippen LogP contribution is -2.28. The molecule has 0 aromatic heterocycles. The first-order chi connectivity index (χ1) is 9.04. The van der Waals surface area contributed by atoms with Gasteiger partial charge in [-0.05, 0) is 30.0 Å². The topological polar surface area (TPSA) is 37.4 Å². The van der Waals surface area contributed by atoms with Crippen molar-refractivity contribution >= 4 is 40.6 Å². The van der Waals surface area contributed by atoms with Crippen molar-refractivity contribution in [2.75, 3.05) is 6.54 Å². The first-order valence-corrected chi connectivity index (χ1v) is 6.37. The largest absolute Gasteiger partial charge is 0.294 e. The molecule has 0 N–H and O–H groups in total. The molecule has 0 bridgehead atoms. The third kappa shape index (κ3) is 2.65. The summed E-state index contributed by atoms with van der Waals surface area (Å²) in [6.45, 7) is -0.104. The summed E-state index contributed by atoms with van der Waals surface area (Å²) in [5.74, 6) is 1.13. The molecule has 6 heteroatoms. The van der Waals surface area contributed by atoms with Crippen LogP contribution < -0.4 is 0 Å². The number of amides is 2. The Labute approximate surface area is 118 Å². The number of rotatable bonds is 2. The molecule has 0 saturated carbocycles. The van der Waals surface area contributed by atoms with Gasteiger partial charge in [-0.15, -0.1) is 6.42 Å². The van der Waals surface area contributed by atoms with Crippen LogP contribution >= 0.6 is 23.4 Å². The number of terminal acetylenes is 1. The highest BCUT2D eigenvalue weighted by atomic mass is 35.5. The standard InChI is InChI=1S/C13H7ClFNO2S/c1-2-6-16-12(17)11(19-13(16)18)7-8-9(14)4-3-5-10(8)15/h1,3-5,7H,6H2. The van der Waals surface area contributed by atoms with Gasteiger partial charge in [0.25, 0.3) is 11.1 Å². The quantitative estimate of drug-likeness (QED) is 0.621. The van der Waals surface area contributed by atoms with Gasteiger partial charge in [0.1, 0.15) is 5.82 Å². The Hall–Kier alpha value is -1.77. The zero-order chi connectivity index (χ0) is 14.0. The van der Waals surface area contributed by atoms with Crippen LogP contribution in [-0.2, 0) is 4.79 Å². The van der Waals surface area contributed by atoms with Crippen LogP contribution in [0.25, 0.3) is 6.08 Å². The lowest BCUT2D eigenvalue weighted by Gasteiger charge is -2.06. The minimum absolute atomic E-state index is 0.0791. The highest BCUT2D eigenvalue weighted by Crippen LogP contribution is 2.33. The van der Waals surface area contributed by atoms with Crippen molar-refractivity contribution in [2.45, 2.75) is 0 Å². The van der Waals surface area contributed by atoms with Gasteiger partial charge in [-0.3, -0.25) is 14.5 Å². The summed E-state index contributed by atoms with van der Waals surface area (Å²) in [5.41, 5.74) is 0.0791. The van der Waals surface area contributed by atoms with Crippen molar-refractivity contribution < 1.29 is 14.0 Å². The Balaban J connectivity index is 2.39. The Bertz CT molecular complexity index is 616. The molecule has 1 aliphatic rings. The smallest absolute Gasteiger partial charge is 0.268 e. The van der Waals surface area contributed by atoms with Gasteiger partial charge in [0.05, 0.1) is 16.5 Å². The number of benzene rings is 1. The van der Waals surface area contributed by atoms with Crippen molar-refractivity contribution in [2.24, 2.45) is 0 Å². The molecule has 0 radical (unpaired) electrons. The Morgan fingerprint density at radius 1 is 1.47 bits per heavy atom. The van der Waals surface area contributed by atoms with Gasteiger partial charge in [-0.25, -0.2) is 4.39 Å². The molecule has 2 rings (SSSR count). The third-order valence-electron chi connectivity index (χ3n) is 2.40. The van der Waals surface area contributed by atoms with E-state index in [4.69, 9.17) is 18.0 Å². The average Bonchev–Trinajstić information content (AvgIpc) is 2.62. The van der Waals surface area contributed by atoms with Crippen molar-refractivity contribution in [3.05, 3.63) is 39.5 Å². The van der Waals surface area contributed by atoms with Crippen LogP contribution in [0.3, 0.4) is 0 Å². The number of carbonyl (C=O) groups is 2. The molecule has 1 fully saturated rings. The number of nitrogens with zero attached hydrogens (tertiary/aromatic N) is 1. The normalized spacial score (nSPS) is 17.1. The molecule has 1 aromatic carbocycles. The summed E-state index contributed by atoms with van der Waals surface area (Å²) >= 11 is 6.57. The zero-order valence-corrected chi connectivity index (χ0v) is 11.1. The van der Waals surface area contributed by atoms with Crippen molar-refractivity contribution in [1.82, 2.24) is 4.90 Å². The van der Waals surface area contributed by atoms with Gasteiger partial charge in [-0.1, -0.05) is 23.6 Å². The number of hydrogen-bond acceptors (Lipinski definition) is 3. The molecule has 1 heterocycles. The fourth-order valence-electron chi connectivity index (χ4n) is 1.51. The predicted octanol–water partition coefficient (Wildman–Crippen LogP) is 3.15. The van der Waals surface area contributed by atoms with Gasteiger partial charge in [0.15, 0.2) is 0 Å². The molecule has 0 spiro atoms. The van der Waals surface area contributed by atoms with Crippen LogP contribution in [0.15, 0.2) is 23.1 Å². The lowest BCUT2D eigenvalue weighted by atomic mass is 10.2. The molecule has 0 atom stereocenters. The molecule has 3 nitrogen and oxygen atoms in total. The second-order valence-electron chi connectivity index (χ2n) is 3.61. The second kappa shape index (κ2) is 5.47. The molecule has 1 aliphatic heterocycles. The van der Waals surface area contributed by atoms with Crippen molar-refractivity contribution in [3.63, 3.8) is 0 Å². The molecule has 2 amide bonds. The highest BCUT2D eigenvalue weighted by Gasteiger charge is 2.34. The molecular formula is C13H7ClFNO2S. The summed E-state index contributed by atoms with van der Waals surface area (Å²) in [7, 11) is 0. The zero-order valence-electron chi connectivity index (χ0n) is 9.52. The van der Waals surface area contributed by atoms with Gasteiger partial charge in [-0.2, -0.15) is 0 Å². The van der Waals surface area contributed by atoms with Gasteiger partial charge >= 0.3 is 0 Å². The van der Waals surface area contributed by atoms with Gasteiger partial charge in [0.2, 0.25) is 0 Å². The Kier molecular flexibility index (Phi) is 3.93. The van der Waals surface area contributed by atoms with E-state index in [2.05, 4.69) is 5.92 Å². The average molecular weight is 296 g/mol. The van der Waals surface area contributed by atoms with E-state index in [1.807, 2.05) is 0 Å². The monoisotopic (exact) mass is 295 g/mol. The maximum atomic E-state index is 13.6. The fraction of sp³-hybridized carbons (Fsp3) is 0.0769. The van der Waals surface area contributed by atoms with E-state index in [0.717, 1.165) is 4.90 Å². The van der Waals surface area contributed by atoms with E-state index in [0.29, 0.717) is 11.8 Å². The van der Waals surface area contributed by atoms with Gasteiger partial charge in [0, 0.05) is 5.56 Å². The molecular weight excluding hydrogens is 289 g/mol. The summed E-state index contributed by atoms with van der Waals surface area (Å²) in [5, 5.41) is -0.301. The number of hydrogen-bond donors (Lipinski definition) is 0. The molecule has 1 saturated heterocycles. The number of halogens is 2. The molecule has 0 aliphatic carbocycles. The van der Waals surface area contributed by atoms with Crippen LogP contribution in [0.5, 0.6) is 0 Å². The van der Waals surface area contributed by atoms with E-state index < -0.39 is 17.0 Å².